The van der Waals surface area contributed by atoms with Gasteiger partial charge in [0.2, 0.25) is 0 Å². The number of halogens is 1. The number of methoxy groups -OCH3 is 1. The molecular weight excluding hydrogens is 488 g/mol. The molecule has 1 fully saturated rings. The van der Waals surface area contributed by atoms with Crippen LogP contribution in [0.2, 0.25) is 0 Å². The quantitative estimate of drug-likeness (QED) is 0.381. The van der Waals surface area contributed by atoms with Crippen molar-refractivity contribution in [3.8, 4) is 11.4 Å². The summed E-state index contributed by atoms with van der Waals surface area (Å²) in [7, 11) is 1.69. The van der Waals surface area contributed by atoms with E-state index < -0.39 is 0 Å². The smallest absolute Gasteiger partial charge is 0.264 e. The molecular formula is C24H23BrN4O2S. The number of thiophene rings is 1. The first-order valence-electron chi connectivity index (χ1n) is 10.5. The average molecular weight is 511 g/mol. The number of hydrogen-bond acceptors (Lipinski definition) is 5. The van der Waals surface area contributed by atoms with Gasteiger partial charge < -0.3 is 14.5 Å². The van der Waals surface area contributed by atoms with Gasteiger partial charge in [-0.05, 0) is 49.4 Å². The van der Waals surface area contributed by atoms with Crippen LogP contribution in [0.3, 0.4) is 0 Å². The van der Waals surface area contributed by atoms with Gasteiger partial charge in [0.05, 0.1) is 29.1 Å². The van der Waals surface area contributed by atoms with E-state index in [9.17, 15) is 4.79 Å². The van der Waals surface area contributed by atoms with E-state index in [0.29, 0.717) is 13.1 Å². The first-order valence-corrected chi connectivity index (χ1v) is 12.1. The van der Waals surface area contributed by atoms with Gasteiger partial charge in [0.1, 0.15) is 10.6 Å². The zero-order valence-electron chi connectivity index (χ0n) is 17.9. The Labute approximate surface area is 199 Å². The summed E-state index contributed by atoms with van der Waals surface area (Å²) in [6, 6.07) is 18.1. The van der Waals surface area contributed by atoms with E-state index in [-0.39, 0.29) is 5.91 Å². The van der Waals surface area contributed by atoms with Gasteiger partial charge in [-0.15, -0.1) is 11.3 Å². The first-order chi connectivity index (χ1) is 15.5. The number of ether oxygens (including phenoxy) is 1. The molecule has 3 heterocycles. The predicted molar refractivity (Wildman–Crippen MR) is 132 cm³/mol. The lowest BCUT2D eigenvalue weighted by Gasteiger charge is -2.36. The Kier molecular flexibility index (Phi) is 5.65. The summed E-state index contributed by atoms with van der Waals surface area (Å²) in [4.78, 5) is 19.3. The molecule has 5 rings (SSSR count). The third kappa shape index (κ3) is 3.78. The Hall–Kier alpha value is -2.84. The number of benzene rings is 2. The Balaban J connectivity index is 1.36. The Morgan fingerprint density at radius 3 is 2.50 bits per heavy atom. The zero-order valence-corrected chi connectivity index (χ0v) is 20.3. The van der Waals surface area contributed by atoms with E-state index >= 15 is 0 Å². The van der Waals surface area contributed by atoms with Crippen LogP contribution in [0.4, 0.5) is 5.69 Å². The molecule has 1 amide bonds. The summed E-state index contributed by atoms with van der Waals surface area (Å²) >= 11 is 4.99. The number of piperazine rings is 1. The summed E-state index contributed by atoms with van der Waals surface area (Å²) in [5.41, 5.74) is 2.99. The Morgan fingerprint density at radius 1 is 1.06 bits per heavy atom. The van der Waals surface area contributed by atoms with Crippen LogP contribution in [0.1, 0.15) is 15.4 Å². The van der Waals surface area contributed by atoms with E-state index in [0.717, 1.165) is 55.5 Å². The van der Waals surface area contributed by atoms with Crippen molar-refractivity contribution in [1.82, 2.24) is 14.7 Å². The third-order valence-electron chi connectivity index (χ3n) is 5.82. The van der Waals surface area contributed by atoms with Gasteiger partial charge in [0.25, 0.3) is 5.91 Å². The highest BCUT2D eigenvalue weighted by Gasteiger charge is 2.26. The van der Waals surface area contributed by atoms with Crippen molar-refractivity contribution in [2.75, 3.05) is 38.2 Å². The average Bonchev–Trinajstić information content (AvgIpc) is 3.40. The molecule has 6 nitrogen and oxygen atoms in total. The minimum absolute atomic E-state index is 0.0904. The van der Waals surface area contributed by atoms with Crippen molar-refractivity contribution in [1.29, 1.82) is 0 Å². The highest BCUT2D eigenvalue weighted by Crippen LogP contribution is 2.32. The van der Waals surface area contributed by atoms with Crippen LogP contribution in [0.5, 0.6) is 5.75 Å². The molecule has 0 radical (unpaired) electrons. The predicted octanol–water partition coefficient (Wildman–Crippen LogP) is 5.13. The van der Waals surface area contributed by atoms with E-state index in [1.54, 1.807) is 7.11 Å². The number of carbonyl (C=O) groups excluding carboxylic acids is 1. The van der Waals surface area contributed by atoms with Crippen LogP contribution in [-0.2, 0) is 0 Å². The molecule has 2 aromatic carbocycles. The maximum Gasteiger partial charge on any atom is 0.264 e. The molecule has 1 aliphatic heterocycles. The summed E-state index contributed by atoms with van der Waals surface area (Å²) < 4.78 is 8.45. The number of para-hydroxylation sites is 2. The van der Waals surface area contributed by atoms with E-state index in [4.69, 9.17) is 9.84 Å². The summed E-state index contributed by atoms with van der Waals surface area (Å²) in [6.07, 6.45) is 0. The van der Waals surface area contributed by atoms with Crippen molar-refractivity contribution in [3.05, 3.63) is 69.6 Å². The molecule has 164 valence electrons. The molecule has 0 spiro atoms. The van der Waals surface area contributed by atoms with Gasteiger partial charge in [0, 0.05) is 36.0 Å². The Bertz CT molecular complexity index is 1270. The summed E-state index contributed by atoms with van der Waals surface area (Å²) in [6.45, 7) is 4.92. The highest BCUT2D eigenvalue weighted by atomic mass is 79.9. The number of nitrogens with zero attached hydrogens (tertiary/aromatic N) is 4. The van der Waals surface area contributed by atoms with Crippen LogP contribution >= 0.6 is 27.3 Å². The fourth-order valence-corrected chi connectivity index (χ4v) is 5.52. The molecule has 0 atom stereocenters. The topological polar surface area (TPSA) is 50.6 Å². The van der Waals surface area contributed by atoms with Crippen LogP contribution < -0.4 is 9.64 Å². The van der Waals surface area contributed by atoms with Gasteiger partial charge in [0.15, 0.2) is 0 Å². The molecule has 2 aromatic heterocycles. The lowest BCUT2D eigenvalue weighted by atomic mass is 10.2. The maximum absolute atomic E-state index is 13.3. The SMILES string of the molecule is COc1ccccc1N1CCN(C(=O)c2cc3c(C)nn(-c4ccc(Br)cc4)c3s2)CC1. The van der Waals surface area contributed by atoms with Crippen LogP contribution in [-0.4, -0.2) is 53.9 Å². The number of aryl methyl sites for hydroxylation is 1. The molecule has 0 bridgehead atoms. The van der Waals surface area contributed by atoms with Gasteiger partial charge in [-0.2, -0.15) is 5.10 Å². The van der Waals surface area contributed by atoms with E-state index in [1.807, 2.05) is 65.0 Å². The van der Waals surface area contributed by atoms with Crippen molar-refractivity contribution in [2.45, 2.75) is 6.92 Å². The van der Waals surface area contributed by atoms with Crippen molar-refractivity contribution in [3.63, 3.8) is 0 Å². The second kappa shape index (κ2) is 8.60. The fourth-order valence-electron chi connectivity index (χ4n) is 4.11. The Morgan fingerprint density at radius 2 is 1.78 bits per heavy atom. The monoisotopic (exact) mass is 510 g/mol. The minimum atomic E-state index is 0.0904. The van der Waals surface area contributed by atoms with E-state index in [1.165, 1.54) is 11.3 Å². The highest BCUT2D eigenvalue weighted by molar-refractivity contribution is 9.10. The van der Waals surface area contributed by atoms with E-state index in [2.05, 4.69) is 26.9 Å². The van der Waals surface area contributed by atoms with Gasteiger partial charge in [-0.1, -0.05) is 28.1 Å². The van der Waals surface area contributed by atoms with Crippen molar-refractivity contribution >= 4 is 49.1 Å². The van der Waals surface area contributed by atoms with Crippen molar-refractivity contribution in [2.24, 2.45) is 0 Å². The summed E-state index contributed by atoms with van der Waals surface area (Å²) in [5, 5.41) is 5.73. The number of rotatable bonds is 4. The van der Waals surface area contributed by atoms with Crippen LogP contribution in [0.25, 0.3) is 15.9 Å². The number of anilines is 1. The number of fused-ring (bicyclic) bond motifs is 1. The molecule has 4 aromatic rings. The van der Waals surface area contributed by atoms with Gasteiger partial charge in [-0.3, -0.25) is 4.79 Å². The lowest BCUT2D eigenvalue weighted by molar-refractivity contribution is 0.0751. The fraction of sp³-hybridized carbons (Fsp3) is 0.250. The molecule has 0 aliphatic carbocycles. The normalized spacial score (nSPS) is 14.2. The zero-order chi connectivity index (χ0) is 22.2. The second-order valence-corrected chi connectivity index (χ2v) is 9.70. The number of aromatic nitrogens is 2. The maximum atomic E-state index is 13.3. The molecule has 0 unspecified atom stereocenters. The molecule has 1 aliphatic rings. The van der Waals surface area contributed by atoms with Gasteiger partial charge in [-0.25, -0.2) is 4.68 Å². The second-order valence-electron chi connectivity index (χ2n) is 7.75. The summed E-state index contributed by atoms with van der Waals surface area (Å²) in [5.74, 6) is 0.956. The third-order valence-corrected chi connectivity index (χ3v) is 7.45. The number of hydrogen-bond donors (Lipinski definition) is 0. The van der Waals surface area contributed by atoms with Gasteiger partial charge >= 0.3 is 0 Å². The molecule has 32 heavy (non-hydrogen) atoms. The largest absolute Gasteiger partial charge is 0.495 e. The lowest BCUT2D eigenvalue weighted by Crippen LogP contribution is -2.48. The molecule has 0 N–H and O–H groups in total. The molecule has 8 heteroatoms. The molecule has 1 saturated heterocycles. The van der Waals surface area contributed by atoms with Crippen molar-refractivity contribution < 1.29 is 9.53 Å². The minimum Gasteiger partial charge on any atom is -0.495 e. The van der Waals surface area contributed by atoms with Crippen LogP contribution in [0, 0.1) is 6.92 Å². The number of amides is 1. The molecule has 0 saturated carbocycles. The standard InChI is InChI=1S/C24H23BrN4O2S/c1-16-19-15-22(32-24(19)29(26-16)18-9-7-17(25)8-10-18)23(30)28-13-11-27(12-14-28)20-5-3-4-6-21(20)31-2/h3-10,15H,11-14H2,1-2H3. The first kappa shape index (κ1) is 21.0. The van der Waals surface area contributed by atoms with Crippen LogP contribution in [0.15, 0.2) is 59.1 Å². The number of carbonyl (C=O) groups is 1.